The number of para-hydroxylation sites is 1. The van der Waals surface area contributed by atoms with Gasteiger partial charge in [0, 0.05) is 75.7 Å². The minimum absolute atomic E-state index is 0.00716. The number of carbonyl (C=O) groups is 2. The fraction of sp³-hybridized carbons (Fsp3) is 0.295. The molecule has 326 valence electrons. The van der Waals surface area contributed by atoms with E-state index in [0.717, 1.165) is 17.4 Å². The number of carbonyl (C=O) groups excluding carboxylic acids is 2. The Balaban J connectivity index is 0.977. The van der Waals surface area contributed by atoms with Crippen molar-refractivity contribution in [1.29, 1.82) is 0 Å². The molecule has 19 heteroatoms. The van der Waals surface area contributed by atoms with Crippen LogP contribution in [0.1, 0.15) is 53.3 Å². The van der Waals surface area contributed by atoms with E-state index in [9.17, 15) is 27.6 Å². The van der Waals surface area contributed by atoms with E-state index >= 15 is 8.78 Å². The van der Waals surface area contributed by atoms with Gasteiger partial charge in [-0.25, -0.2) is 46.3 Å². The van der Waals surface area contributed by atoms with Gasteiger partial charge in [-0.2, -0.15) is 0 Å². The van der Waals surface area contributed by atoms with Gasteiger partial charge in [-0.15, -0.1) is 0 Å². The second kappa shape index (κ2) is 18.3. The second-order valence-corrected chi connectivity index (χ2v) is 16.8. The highest BCUT2D eigenvalue weighted by molar-refractivity contribution is 7.92. The van der Waals surface area contributed by atoms with Crippen molar-refractivity contribution in [2.75, 3.05) is 31.1 Å². The van der Waals surface area contributed by atoms with Gasteiger partial charge in [-0.3, -0.25) is 18.9 Å². The van der Waals surface area contributed by atoms with Crippen molar-refractivity contribution < 1.29 is 41.0 Å². The van der Waals surface area contributed by atoms with E-state index in [2.05, 4.69) is 20.3 Å². The number of amides is 1. The smallest absolute Gasteiger partial charge is 0.337 e. The predicted octanol–water partition coefficient (Wildman–Crippen LogP) is 4.58. The van der Waals surface area contributed by atoms with Gasteiger partial charge in [-0.05, 0) is 60.4 Å². The number of esters is 1. The number of benzene rings is 3. The van der Waals surface area contributed by atoms with Gasteiger partial charge in [0.15, 0.2) is 0 Å². The van der Waals surface area contributed by atoms with Crippen LogP contribution in [-0.2, 0) is 42.5 Å². The zero-order valence-corrected chi connectivity index (χ0v) is 34.6. The number of sulfonamides is 1. The number of hydrogen-bond donors (Lipinski definition) is 2. The number of ether oxygens (including phenoxy) is 3. The van der Waals surface area contributed by atoms with Crippen molar-refractivity contribution in [3.63, 3.8) is 0 Å². The third-order valence-electron chi connectivity index (χ3n) is 11.0. The highest BCUT2D eigenvalue weighted by atomic mass is 32.2. The maximum Gasteiger partial charge on any atom is 0.337 e. The van der Waals surface area contributed by atoms with Gasteiger partial charge in [0.25, 0.3) is 21.5 Å². The zero-order chi connectivity index (χ0) is 44.3. The number of aryl methyl sites for hydroxylation is 1. The first-order valence-electron chi connectivity index (χ1n) is 20.1. The molecule has 2 fully saturated rings. The van der Waals surface area contributed by atoms with Crippen LogP contribution in [0, 0.1) is 11.6 Å². The van der Waals surface area contributed by atoms with E-state index in [1.807, 2.05) is 4.72 Å². The molecule has 0 saturated carbocycles. The number of pyridine rings is 1. The molecule has 0 spiro atoms. The second-order valence-electron chi connectivity index (χ2n) is 15.2. The van der Waals surface area contributed by atoms with E-state index < -0.39 is 68.2 Å². The summed E-state index contributed by atoms with van der Waals surface area (Å²) in [4.78, 5) is 66.6. The Hall–Kier alpha value is -6.70. The maximum atomic E-state index is 15.6. The molecule has 2 aliphatic rings. The minimum atomic E-state index is -4.44. The molecule has 3 aromatic heterocycles. The van der Waals surface area contributed by atoms with Crippen molar-refractivity contribution in [2.24, 2.45) is 7.05 Å². The lowest BCUT2D eigenvalue weighted by Gasteiger charge is -2.25. The van der Waals surface area contributed by atoms with E-state index in [1.54, 1.807) is 36.7 Å². The predicted molar refractivity (Wildman–Crippen MR) is 225 cm³/mol. The Morgan fingerprint density at radius 1 is 0.841 bits per heavy atom. The fourth-order valence-electron chi connectivity index (χ4n) is 7.47. The Kier molecular flexibility index (Phi) is 12.5. The van der Waals surface area contributed by atoms with E-state index in [4.69, 9.17) is 14.2 Å². The highest BCUT2D eigenvalue weighted by Gasteiger charge is 2.30. The number of anilines is 1. The molecular formula is C44H41F2N7O9S. The van der Waals surface area contributed by atoms with Crippen molar-refractivity contribution in [2.45, 2.75) is 55.1 Å². The molecule has 0 unspecified atom stereocenters. The summed E-state index contributed by atoms with van der Waals surface area (Å²) in [5.74, 6) is -3.68. The lowest BCUT2D eigenvalue weighted by molar-refractivity contribution is -0.155. The third kappa shape index (κ3) is 9.40. The van der Waals surface area contributed by atoms with Gasteiger partial charge in [0.05, 0.1) is 40.3 Å². The quantitative estimate of drug-likeness (QED) is 0.162. The number of fused-ring (bicyclic) bond motifs is 1. The monoisotopic (exact) mass is 881 g/mol. The molecule has 3 aromatic carbocycles. The summed E-state index contributed by atoms with van der Waals surface area (Å²) in [6.07, 6.45) is 6.32. The number of aromatic nitrogens is 5. The van der Waals surface area contributed by atoms with Crippen LogP contribution in [-0.4, -0.2) is 83.0 Å². The first-order valence-corrected chi connectivity index (χ1v) is 21.6. The van der Waals surface area contributed by atoms with E-state index in [0.29, 0.717) is 84.8 Å². The molecule has 5 heterocycles. The van der Waals surface area contributed by atoms with Crippen molar-refractivity contribution >= 4 is 38.5 Å². The number of nitrogens with one attached hydrogen (secondary N) is 2. The number of rotatable bonds is 12. The Bertz CT molecular complexity index is 2900. The summed E-state index contributed by atoms with van der Waals surface area (Å²) in [5.41, 5.74) is -0.697. The molecule has 8 rings (SSSR count). The van der Waals surface area contributed by atoms with Crippen molar-refractivity contribution in [1.82, 2.24) is 29.4 Å². The lowest BCUT2D eigenvalue weighted by Crippen LogP contribution is -2.45. The van der Waals surface area contributed by atoms with Crippen LogP contribution in [0.5, 0.6) is 0 Å². The summed E-state index contributed by atoms with van der Waals surface area (Å²) in [7, 11) is -2.91. The van der Waals surface area contributed by atoms with Gasteiger partial charge < -0.3 is 19.5 Å². The first kappa shape index (κ1) is 43.0. The first-order chi connectivity index (χ1) is 30.4. The summed E-state index contributed by atoms with van der Waals surface area (Å²) in [5, 5.41) is 2.72. The van der Waals surface area contributed by atoms with Crippen LogP contribution < -0.4 is 21.3 Å². The van der Waals surface area contributed by atoms with Crippen LogP contribution in [0.15, 0.2) is 106 Å². The van der Waals surface area contributed by atoms with Crippen molar-refractivity contribution in [3.05, 3.63) is 141 Å². The van der Waals surface area contributed by atoms with Gasteiger partial charge in [0.2, 0.25) is 0 Å². The molecule has 1 amide bonds. The molecule has 1 atom stereocenters. The van der Waals surface area contributed by atoms with Crippen LogP contribution in [0.25, 0.3) is 27.8 Å². The van der Waals surface area contributed by atoms with Gasteiger partial charge >= 0.3 is 11.7 Å². The normalized spacial score (nSPS) is 15.5. The molecule has 6 aromatic rings. The molecule has 16 nitrogen and oxygen atoms in total. The average molecular weight is 882 g/mol. The molecule has 2 N–H and O–H groups in total. The molecule has 2 aliphatic heterocycles. The fourth-order valence-corrected chi connectivity index (χ4v) is 8.53. The van der Waals surface area contributed by atoms with E-state index in [1.165, 1.54) is 54.2 Å². The molecule has 0 bridgehead atoms. The summed E-state index contributed by atoms with van der Waals surface area (Å²) in [6.45, 7) is 1.99. The molecule has 2 saturated heterocycles. The van der Waals surface area contributed by atoms with Crippen LogP contribution in [0.3, 0.4) is 0 Å². The highest BCUT2D eigenvalue weighted by Crippen LogP contribution is 2.28. The number of hydrogen-bond acceptors (Lipinski definition) is 12. The van der Waals surface area contributed by atoms with Gasteiger partial charge in [0.1, 0.15) is 35.4 Å². The third-order valence-corrected chi connectivity index (χ3v) is 12.4. The lowest BCUT2D eigenvalue weighted by atomic mass is 9.99. The molecular weight excluding hydrogens is 841 g/mol. The van der Waals surface area contributed by atoms with Crippen molar-refractivity contribution in [3.8, 4) is 16.9 Å². The molecule has 0 aliphatic carbocycles. The topological polar surface area (TPSA) is 203 Å². The largest absolute Gasteiger partial charge is 0.461 e. The van der Waals surface area contributed by atoms with E-state index in [-0.39, 0.29) is 23.1 Å². The van der Waals surface area contributed by atoms with Crippen LogP contribution in [0.4, 0.5) is 14.5 Å². The standard InChI is InChI=1S/C44H41F2N7O9S/c1-52-38-5-3-2-4-32(38)42(55)53(44(52)57)39-11-6-26(23-47-39)20-37(43(56)62-30-14-18-61-19-15-30)50-41(54)33-21-35(46)36(22-34(33)45)51-63(58,59)31-9-7-27(8-10-31)29-24-48-40(49-25-29)28-12-16-60-17-13-28/h2-11,21-25,28,30,37,51H,12-20H2,1H3,(H,50,54)/t37-/m0/s1. The minimum Gasteiger partial charge on any atom is -0.461 e. The summed E-state index contributed by atoms with van der Waals surface area (Å²) < 4.78 is 78.4. The van der Waals surface area contributed by atoms with Crippen LogP contribution in [0.2, 0.25) is 0 Å². The average Bonchev–Trinajstić information content (AvgIpc) is 3.30. The Morgan fingerprint density at radius 2 is 1.52 bits per heavy atom. The Morgan fingerprint density at radius 3 is 2.21 bits per heavy atom. The summed E-state index contributed by atoms with van der Waals surface area (Å²) in [6, 6.07) is 14.8. The van der Waals surface area contributed by atoms with Gasteiger partial charge in [-0.1, -0.05) is 30.3 Å². The maximum absolute atomic E-state index is 15.6. The zero-order valence-electron chi connectivity index (χ0n) is 33.8. The number of halogens is 2. The summed E-state index contributed by atoms with van der Waals surface area (Å²) >= 11 is 0. The SMILES string of the molecule is Cn1c(=O)n(-c2ccc(C[C@H](NC(=O)c3cc(F)c(NS(=O)(=O)c4ccc(-c5cnc(C6CCOCC6)nc5)cc4)cc3F)C(=O)OC3CCOCC3)cn2)c(=O)c2ccccc21. The molecule has 63 heavy (non-hydrogen) atoms. The molecule has 0 radical (unpaired) electrons. The number of nitrogens with zero attached hydrogens (tertiary/aromatic N) is 5. The van der Waals surface area contributed by atoms with Crippen LogP contribution >= 0.6 is 0 Å². The Labute approximate surface area is 359 Å².